The van der Waals surface area contributed by atoms with Crippen LogP contribution in [0.25, 0.3) is 0 Å². The van der Waals surface area contributed by atoms with Crippen LogP contribution >= 0.6 is 11.3 Å². The van der Waals surface area contributed by atoms with Crippen LogP contribution in [0.3, 0.4) is 0 Å². The predicted molar refractivity (Wildman–Crippen MR) is 136 cm³/mol. The minimum absolute atomic E-state index is 0.0247. The molecule has 1 atom stereocenters. The first-order chi connectivity index (χ1) is 17.9. The molecular formula is C26H27N3O7S. The van der Waals surface area contributed by atoms with Crippen molar-refractivity contribution in [2.24, 2.45) is 0 Å². The molecule has 0 bridgehead atoms. The lowest BCUT2D eigenvalue weighted by molar-refractivity contribution is -0.117. The predicted octanol–water partition coefficient (Wildman–Crippen LogP) is 4.81. The number of fused-ring (bicyclic) bond motifs is 1. The van der Waals surface area contributed by atoms with E-state index in [1.165, 1.54) is 5.38 Å². The van der Waals surface area contributed by atoms with E-state index >= 15 is 0 Å². The van der Waals surface area contributed by atoms with E-state index in [0.29, 0.717) is 30.2 Å². The van der Waals surface area contributed by atoms with E-state index in [1.54, 1.807) is 37.1 Å². The summed E-state index contributed by atoms with van der Waals surface area (Å²) < 4.78 is 20.8. The molecule has 2 heterocycles. The van der Waals surface area contributed by atoms with E-state index < -0.39 is 12.2 Å². The van der Waals surface area contributed by atoms with Crippen LogP contribution in [0.15, 0.2) is 47.8 Å². The number of rotatable bonds is 10. The van der Waals surface area contributed by atoms with Gasteiger partial charge in [-0.1, -0.05) is 24.3 Å². The zero-order chi connectivity index (χ0) is 26.4. The summed E-state index contributed by atoms with van der Waals surface area (Å²) in [5.41, 5.74) is 2.24. The van der Waals surface area contributed by atoms with Gasteiger partial charge in [-0.3, -0.25) is 9.59 Å². The van der Waals surface area contributed by atoms with Crippen molar-refractivity contribution in [3.63, 3.8) is 0 Å². The highest BCUT2D eigenvalue weighted by atomic mass is 32.1. The van der Waals surface area contributed by atoms with Crippen LogP contribution in [-0.4, -0.2) is 48.2 Å². The normalized spacial score (nSPS) is 13.1. The summed E-state index contributed by atoms with van der Waals surface area (Å²) in [6.07, 6.45) is -0.910. The van der Waals surface area contributed by atoms with Crippen LogP contribution in [0.5, 0.6) is 17.4 Å². The number of nitrogens with one attached hydrogen (secondary N) is 1. The fourth-order valence-corrected chi connectivity index (χ4v) is 4.67. The van der Waals surface area contributed by atoms with Gasteiger partial charge in [0.25, 0.3) is 5.91 Å². The summed E-state index contributed by atoms with van der Waals surface area (Å²) in [5.74, 6) is 0.593. The smallest absolute Gasteiger partial charge is 0.493 e. The van der Waals surface area contributed by atoms with Crippen LogP contribution in [-0.2, 0) is 16.1 Å². The largest absolute Gasteiger partial charge is 0.515 e. The molecule has 4 rings (SSSR count). The van der Waals surface area contributed by atoms with Crippen molar-refractivity contribution in [3.8, 4) is 17.4 Å². The second-order valence-corrected chi connectivity index (χ2v) is 8.84. The van der Waals surface area contributed by atoms with Crippen LogP contribution in [0, 0.1) is 0 Å². The van der Waals surface area contributed by atoms with E-state index in [4.69, 9.17) is 18.9 Å². The van der Waals surface area contributed by atoms with E-state index in [2.05, 4.69) is 10.3 Å². The third-order valence-corrected chi connectivity index (χ3v) is 6.39. The molecule has 11 heteroatoms. The number of anilines is 1. The Morgan fingerprint density at radius 1 is 1.14 bits per heavy atom. The molecule has 10 nitrogen and oxygen atoms in total. The lowest BCUT2D eigenvalue weighted by atomic mass is 10.0. The Labute approximate surface area is 218 Å². The van der Waals surface area contributed by atoms with E-state index in [9.17, 15) is 14.4 Å². The van der Waals surface area contributed by atoms with Gasteiger partial charge in [0, 0.05) is 12.1 Å². The number of nitrogens with zero attached hydrogens (tertiary/aromatic N) is 2. The van der Waals surface area contributed by atoms with Crippen LogP contribution in [0.2, 0.25) is 0 Å². The van der Waals surface area contributed by atoms with Crippen molar-refractivity contribution >= 4 is 34.4 Å². The minimum Gasteiger partial charge on any atom is -0.493 e. The molecule has 3 aromatic rings. The number of ether oxygens (including phenoxy) is 4. The Morgan fingerprint density at radius 2 is 1.95 bits per heavy atom. The molecule has 0 saturated heterocycles. The van der Waals surface area contributed by atoms with Gasteiger partial charge in [-0.15, -0.1) is 11.3 Å². The summed E-state index contributed by atoms with van der Waals surface area (Å²) in [4.78, 5) is 43.7. The summed E-state index contributed by atoms with van der Waals surface area (Å²) in [6.45, 7) is 4.55. The maximum Gasteiger partial charge on any atom is 0.515 e. The first kappa shape index (κ1) is 26.0. The van der Waals surface area contributed by atoms with Gasteiger partial charge >= 0.3 is 6.16 Å². The third kappa shape index (κ3) is 6.00. The molecule has 1 aliphatic heterocycles. The van der Waals surface area contributed by atoms with Crippen molar-refractivity contribution in [2.75, 3.05) is 25.6 Å². The lowest BCUT2D eigenvalue weighted by Gasteiger charge is -2.28. The first-order valence-electron chi connectivity index (χ1n) is 11.7. The van der Waals surface area contributed by atoms with Crippen LogP contribution < -0.4 is 19.5 Å². The standard InChI is InChI=1S/C26H27N3O7S/c1-4-34-20-11-10-16(12-21(20)33-3)19(29-14-17-8-6-7-9-18(17)24(29)31)13-22(30)27-25-28-23(15-37-25)36-26(32)35-5-2/h6-12,15,19H,4-5,13-14H2,1-3H3,(H,27,28,30). The fraction of sp³-hybridized carbons (Fsp3) is 0.308. The maximum atomic E-state index is 13.3. The molecule has 0 spiro atoms. The van der Waals surface area contributed by atoms with Crippen molar-refractivity contribution in [2.45, 2.75) is 32.9 Å². The number of aromatic nitrogens is 1. The third-order valence-electron chi connectivity index (χ3n) is 5.66. The summed E-state index contributed by atoms with van der Waals surface area (Å²) in [5, 5.41) is 4.47. The minimum atomic E-state index is -0.873. The Kier molecular flexibility index (Phi) is 8.24. The van der Waals surface area contributed by atoms with Crippen molar-refractivity contribution in [1.82, 2.24) is 9.88 Å². The Morgan fingerprint density at radius 3 is 2.68 bits per heavy atom. The highest BCUT2D eigenvalue weighted by molar-refractivity contribution is 7.14. The summed E-state index contributed by atoms with van der Waals surface area (Å²) >= 11 is 1.10. The van der Waals surface area contributed by atoms with Gasteiger partial charge < -0.3 is 29.2 Å². The van der Waals surface area contributed by atoms with Gasteiger partial charge in [0.2, 0.25) is 11.8 Å². The lowest BCUT2D eigenvalue weighted by Crippen LogP contribution is -2.32. The zero-order valence-electron chi connectivity index (χ0n) is 20.7. The number of hydrogen-bond donors (Lipinski definition) is 1. The number of benzene rings is 2. The van der Waals surface area contributed by atoms with E-state index in [1.807, 2.05) is 31.2 Å². The molecule has 1 aliphatic rings. The van der Waals surface area contributed by atoms with Gasteiger partial charge in [0.1, 0.15) is 0 Å². The zero-order valence-corrected chi connectivity index (χ0v) is 21.5. The highest BCUT2D eigenvalue weighted by Crippen LogP contribution is 2.37. The average Bonchev–Trinajstić information content (AvgIpc) is 3.46. The molecule has 2 aromatic carbocycles. The number of methoxy groups -OCH3 is 1. The monoisotopic (exact) mass is 525 g/mol. The van der Waals surface area contributed by atoms with Crippen molar-refractivity contribution in [3.05, 3.63) is 64.5 Å². The SMILES string of the molecule is CCOC(=O)Oc1csc(NC(=O)CC(c2ccc(OCC)c(OC)c2)N2Cc3ccccc3C2=O)n1. The number of thiazole rings is 1. The molecular weight excluding hydrogens is 498 g/mol. The Bertz CT molecular complexity index is 1290. The molecule has 37 heavy (non-hydrogen) atoms. The van der Waals surface area contributed by atoms with E-state index in [-0.39, 0.29) is 35.9 Å². The van der Waals surface area contributed by atoms with Gasteiger partial charge in [0.05, 0.1) is 38.2 Å². The Hall–Kier alpha value is -4.12. The molecule has 0 aliphatic carbocycles. The Balaban J connectivity index is 1.56. The topological polar surface area (TPSA) is 116 Å². The summed E-state index contributed by atoms with van der Waals surface area (Å²) in [7, 11) is 1.54. The average molecular weight is 526 g/mol. The van der Waals surface area contributed by atoms with E-state index in [0.717, 1.165) is 22.5 Å². The van der Waals surface area contributed by atoms with Gasteiger partial charge in [-0.2, -0.15) is 4.98 Å². The molecule has 0 radical (unpaired) electrons. The molecule has 0 fully saturated rings. The molecule has 1 aromatic heterocycles. The van der Waals surface area contributed by atoms with Gasteiger partial charge in [0.15, 0.2) is 16.6 Å². The number of amides is 2. The number of carbonyl (C=O) groups is 3. The second-order valence-electron chi connectivity index (χ2n) is 7.98. The number of hydrogen-bond acceptors (Lipinski definition) is 9. The summed E-state index contributed by atoms with van der Waals surface area (Å²) in [6, 6.07) is 12.2. The molecule has 1 N–H and O–H groups in total. The molecule has 1 unspecified atom stereocenters. The van der Waals surface area contributed by atoms with Gasteiger partial charge in [-0.05, 0) is 43.2 Å². The van der Waals surface area contributed by atoms with Crippen LogP contribution in [0.1, 0.15) is 47.8 Å². The van der Waals surface area contributed by atoms with Crippen molar-refractivity contribution < 1.29 is 33.3 Å². The molecule has 2 amide bonds. The highest BCUT2D eigenvalue weighted by Gasteiger charge is 2.35. The molecule has 194 valence electrons. The van der Waals surface area contributed by atoms with Crippen molar-refractivity contribution in [1.29, 1.82) is 0 Å². The molecule has 0 saturated carbocycles. The maximum absolute atomic E-state index is 13.3. The quantitative estimate of drug-likeness (QED) is 0.375. The number of carbonyl (C=O) groups excluding carboxylic acids is 3. The first-order valence-corrected chi connectivity index (χ1v) is 12.6. The second kappa shape index (κ2) is 11.7. The van der Waals surface area contributed by atoms with Gasteiger partial charge in [-0.25, -0.2) is 4.79 Å². The fourth-order valence-electron chi connectivity index (χ4n) is 4.04. The van der Waals surface area contributed by atoms with Crippen LogP contribution in [0.4, 0.5) is 9.93 Å².